The van der Waals surface area contributed by atoms with Crippen LogP contribution in [0.3, 0.4) is 0 Å². The van der Waals surface area contributed by atoms with Gasteiger partial charge in [0.2, 0.25) is 0 Å². The Morgan fingerprint density at radius 3 is 2.56 bits per heavy atom. The minimum atomic E-state index is -1.54. The molecule has 1 heterocycles. The number of aliphatic hydroxyl groups is 1. The van der Waals surface area contributed by atoms with Crippen molar-refractivity contribution in [3.63, 3.8) is 0 Å². The van der Waals surface area contributed by atoms with Crippen LogP contribution in [0.2, 0.25) is 10.0 Å². The van der Waals surface area contributed by atoms with Gasteiger partial charge in [-0.25, -0.2) is 4.39 Å². The minimum absolute atomic E-state index is 0.0984. The van der Waals surface area contributed by atoms with Gasteiger partial charge < -0.3 is 5.11 Å². The summed E-state index contributed by atoms with van der Waals surface area (Å²) in [4.78, 5) is 7.85. The van der Waals surface area contributed by atoms with Crippen molar-refractivity contribution in [2.24, 2.45) is 0 Å². The van der Waals surface area contributed by atoms with Gasteiger partial charge in [-0.15, -0.1) is 0 Å². The molecule has 0 fully saturated rings. The van der Waals surface area contributed by atoms with E-state index >= 15 is 0 Å². The van der Waals surface area contributed by atoms with E-state index in [1.807, 2.05) is 0 Å². The number of rotatable bonds is 2. The molecule has 0 saturated heterocycles. The van der Waals surface area contributed by atoms with E-state index in [1.54, 1.807) is 0 Å². The highest BCUT2D eigenvalue weighted by Crippen LogP contribution is 2.35. The SMILES string of the molecule is CC(O)(c1cnccn1)c1cc(F)c(Cl)cc1Cl. The summed E-state index contributed by atoms with van der Waals surface area (Å²) in [7, 11) is 0. The van der Waals surface area contributed by atoms with Crippen molar-refractivity contribution in [1.82, 2.24) is 9.97 Å². The van der Waals surface area contributed by atoms with Crippen molar-refractivity contribution in [3.8, 4) is 0 Å². The number of nitrogens with zero attached hydrogens (tertiary/aromatic N) is 2. The van der Waals surface area contributed by atoms with Crippen LogP contribution in [0.25, 0.3) is 0 Å². The van der Waals surface area contributed by atoms with Crippen LogP contribution < -0.4 is 0 Å². The Balaban J connectivity index is 2.58. The van der Waals surface area contributed by atoms with Gasteiger partial charge in [0.1, 0.15) is 11.4 Å². The lowest BCUT2D eigenvalue weighted by Gasteiger charge is -2.24. The van der Waals surface area contributed by atoms with Gasteiger partial charge in [-0.2, -0.15) is 0 Å². The zero-order chi connectivity index (χ0) is 13.3. The molecule has 18 heavy (non-hydrogen) atoms. The molecule has 0 amide bonds. The van der Waals surface area contributed by atoms with Crippen LogP contribution in [0.15, 0.2) is 30.7 Å². The molecule has 94 valence electrons. The molecule has 0 aliphatic heterocycles. The summed E-state index contributed by atoms with van der Waals surface area (Å²) >= 11 is 11.6. The molecular formula is C12H9Cl2FN2O. The molecule has 0 spiro atoms. The molecule has 1 unspecified atom stereocenters. The van der Waals surface area contributed by atoms with Crippen LogP contribution in [-0.2, 0) is 5.60 Å². The summed E-state index contributed by atoms with van der Waals surface area (Å²) in [6.45, 7) is 1.46. The van der Waals surface area contributed by atoms with Gasteiger partial charge >= 0.3 is 0 Å². The predicted molar refractivity (Wildman–Crippen MR) is 67.1 cm³/mol. The molecule has 0 aliphatic rings. The van der Waals surface area contributed by atoms with E-state index in [2.05, 4.69) is 9.97 Å². The predicted octanol–water partition coefficient (Wildman–Crippen LogP) is 3.18. The zero-order valence-electron chi connectivity index (χ0n) is 9.36. The van der Waals surface area contributed by atoms with Crippen LogP contribution in [0.1, 0.15) is 18.2 Å². The van der Waals surface area contributed by atoms with Gasteiger partial charge in [0.25, 0.3) is 0 Å². The van der Waals surface area contributed by atoms with Crippen LogP contribution in [0.4, 0.5) is 4.39 Å². The second-order valence-electron chi connectivity index (χ2n) is 3.91. The third-order valence-corrected chi connectivity index (χ3v) is 3.20. The Labute approximate surface area is 113 Å². The number of benzene rings is 1. The normalized spacial score (nSPS) is 14.3. The third-order valence-electron chi connectivity index (χ3n) is 2.60. The molecule has 1 aromatic heterocycles. The minimum Gasteiger partial charge on any atom is -0.379 e. The van der Waals surface area contributed by atoms with E-state index in [-0.39, 0.29) is 21.3 Å². The van der Waals surface area contributed by atoms with Gasteiger partial charge in [0, 0.05) is 23.0 Å². The standard InChI is InChI=1S/C12H9Cl2FN2O/c1-12(18,11-6-16-2-3-17-11)7-4-10(15)9(14)5-8(7)13/h2-6,18H,1H3. The first-order valence-corrected chi connectivity index (χ1v) is 5.82. The summed E-state index contributed by atoms with van der Waals surface area (Å²) < 4.78 is 13.5. The van der Waals surface area contributed by atoms with E-state index in [9.17, 15) is 9.50 Å². The highest BCUT2D eigenvalue weighted by Gasteiger charge is 2.30. The Morgan fingerprint density at radius 2 is 1.94 bits per heavy atom. The van der Waals surface area contributed by atoms with E-state index in [0.717, 1.165) is 6.07 Å². The molecule has 0 aliphatic carbocycles. The molecule has 0 radical (unpaired) electrons. The Bertz CT molecular complexity index is 576. The lowest BCUT2D eigenvalue weighted by molar-refractivity contribution is 0.0967. The molecule has 2 aromatic rings. The molecule has 1 aromatic carbocycles. The van der Waals surface area contributed by atoms with Crippen LogP contribution in [0, 0.1) is 5.82 Å². The third kappa shape index (κ3) is 2.32. The van der Waals surface area contributed by atoms with Crippen molar-refractivity contribution in [2.75, 3.05) is 0 Å². The summed E-state index contributed by atoms with van der Waals surface area (Å²) in [6.07, 6.45) is 4.30. The van der Waals surface area contributed by atoms with Crippen molar-refractivity contribution < 1.29 is 9.50 Å². The first-order chi connectivity index (χ1) is 8.43. The van der Waals surface area contributed by atoms with Gasteiger partial charge in [-0.1, -0.05) is 23.2 Å². The summed E-state index contributed by atoms with van der Waals surface area (Å²) in [6, 6.07) is 2.35. The lowest BCUT2D eigenvalue weighted by Crippen LogP contribution is -2.25. The van der Waals surface area contributed by atoms with Crippen molar-refractivity contribution in [2.45, 2.75) is 12.5 Å². The van der Waals surface area contributed by atoms with E-state index in [0.29, 0.717) is 0 Å². The summed E-state index contributed by atoms with van der Waals surface area (Å²) in [5.41, 5.74) is -1.09. The Hall–Kier alpha value is -1.23. The van der Waals surface area contributed by atoms with Crippen molar-refractivity contribution in [3.05, 3.63) is 57.8 Å². The van der Waals surface area contributed by atoms with Gasteiger partial charge in [0.05, 0.1) is 16.9 Å². The number of aromatic nitrogens is 2. The largest absolute Gasteiger partial charge is 0.379 e. The van der Waals surface area contributed by atoms with E-state index in [4.69, 9.17) is 23.2 Å². The smallest absolute Gasteiger partial charge is 0.142 e. The monoisotopic (exact) mass is 286 g/mol. The van der Waals surface area contributed by atoms with Crippen LogP contribution in [0.5, 0.6) is 0 Å². The molecule has 2 rings (SSSR count). The molecule has 6 heteroatoms. The Morgan fingerprint density at radius 1 is 1.22 bits per heavy atom. The summed E-state index contributed by atoms with van der Waals surface area (Å²) in [5.74, 6) is -0.653. The maximum absolute atomic E-state index is 13.5. The number of hydrogen-bond donors (Lipinski definition) is 1. The molecule has 1 atom stereocenters. The molecule has 3 nitrogen and oxygen atoms in total. The molecule has 0 bridgehead atoms. The first kappa shape index (κ1) is 13.2. The Kier molecular flexibility index (Phi) is 3.52. The molecule has 1 N–H and O–H groups in total. The molecular weight excluding hydrogens is 278 g/mol. The van der Waals surface area contributed by atoms with Gasteiger partial charge in [0.15, 0.2) is 0 Å². The average Bonchev–Trinajstić information content (AvgIpc) is 2.34. The first-order valence-electron chi connectivity index (χ1n) is 5.07. The topological polar surface area (TPSA) is 46.0 Å². The van der Waals surface area contributed by atoms with E-state index < -0.39 is 11.4 Å². The quantitative estimate of drug-likeness (QED) is 0.863. The fourth-order valence-corrected chi connectivity index (χ4v) is 2.15. The van der Waals surface area contributed by atoms with Crippen molar-refractivity contribution >= 4 is 23.2 Å². The maximum atomic E-state index is 13.5. The van der Waals surface area contributed by atoms with E-state index in [1.165, 1.54) is 31.6 Å². The van der Waals surface area contributed by atoms with Crippen LogP contribution in [-0.4, -0.2) is 15.1 Å². The average molecular weight is 287 g/mol. The summed E-state index contributed by atoms with van der Waals surface area (Å²) in [5, 5.41) is 10.5. The second kappa shape index (κ2) is 4.80. The fourth-order valence-electron chi connectivity index (χ4n) is 1.58. The number of hydrogen-bond acceptors (Lipinski definition) is 3. The van der Waals surface area contributed by atoms with Crippen molar-refractivity contribution in [1.29, 1.82) is 0 Å². The zero-order valence-corrected chi connectivity index (χ0v) is 10.9. The van der Waals surface area contributed by atoms with Gasteiger partial charge in [-0.3, -0.25) is 9.97 Å². The maximum Gasteiger partial charge on any atom is 0.142 e. The fraction of sp³-hybridized carbons (Fsp3) is 0.167. The highest BCUT2D eigenvalue weighted by atomic mass is 35.5. The van der Waals surface area contributed by atoms with Crippen LogP contribution >= 0.6 is 23.2 Å². The number of halogens is 3. The second-order valence-corrected chi connectivity index (χ2v) is 4.72. The molecule has 0 saturated carbocycles. The highest BCUT2D eigenvalue weighted by molar-refractivity contribution is 6.35. The van der Waals surface area contributed by atoms with Gasteiger partial charge in [-0.05, 0) is 19.1 Å². The lowest BCUT2D eigenvalue weighted by atomic mass is 9.92.